The lowest BCUT2D eigenvalue weighted by molar-refractivity contribution is -0.384. The molecule has 1 aromatic heterocycles. The average molecular weight is 401 g/mol. The van der Waals surface area contributed by atoms with Gasteiger partial charge in [-0.25, -0.2) is 8.42 Å². The quantitative estimate of drug-likeness (QED) is 0.204. The van der Waals surface area contributed by atoms with Crippen molar-refractivity contribution in [2.75, 3.05) is 24.6 Å². The van der Waals surface area contributed by atoms with Gasteiger partial charge in [0.2, 0.25) is 10.4 Å². The van der Waals surface area contributed by atoms with Crippen molar-refractivity contribution in [1.82, 2.24) is 4.98 Å². The summed E-state index contributed by atoms with van der Waals surface area (Å²) in [5.41, 5.74) is 1.84. The Morgan fingerprint density at radius 1 is 1.42 bits per heavy atom. The molecular formula is C13H15N5O6S2. The number of anilines is 1. The van der Waals surface area contributed by atoms with Gasteiger partial charge in [-0.3, -0.25) is 19.3 Å². The van der Waals surface area contributed by atoms with Crippen molar-refractivity contribution >= 4 is 43.8 Å². The van der Waals surface area contributed by atoms with Gasteiger partial charge in [-0.15, -0.1) is 21.6 Å². The van der Waals surface area contributed by atoms with E-state index in [2.05, 4.69) is 19.4 Å². The lowest BCUT2D eigenvalue weighted by Gasteiger charge is -2.23. The molecule has 1 heterocycles. The van der Waals surface area contributed by atoms with E-state index >= 15 is 0 Å². The fourth-order valence-corrected chi connectivity index (χ4v) is 2.74. The summed E-state index contributed by atoms with van der Waals surface area (Å²) >= 11 is 1.24. The van der Waals surface area contributed by atoms with E-state index in [1.165, 1.54) is 29.7 Å². The Morgan fingerprint density at radius 2 is 2.19 bits per heavy atom. The highest BCUT2D eigenvalue weighted by Crippen LogP contribution is 2.33. The Morgan fingerprint density at radius 3 is 2.77 bits per heavy atom. The van der Waals surface area contributed by atoms with Crippen molar-refractivity contribution < 1.29 is 23.5 Å². The SMILES string of the molecule is CCN(CCOS(=O)(=O)[O-])c1ccc(N=Nc2cncs2)c([N+](=O)[O-])c1.[H+]. The molecule has 2 aromatic rings. The number of azo groups is 1. The van der Waals surface area contributed by atoms with Crippen LogP contribution in [0.1, 0.15) is 8.35 Å². The highest BCUT2D eigenvalue weighted by atomic mass is 32.3. The van der Waals surface area contributed by atoms with Crippen molar-refractivity contribution in [3.63, 3.8) is 0 Å². The van der Waals surface area contributed by atoms with Gasteiger partial charge in [-0.2, -0.15) is 0 Å². The molecule has 0 saturated heterocycles. The molecule has 0 radical (unpaired) electrons. The molecule has 0 aliphatic heterocycles. The van der Waals surface area contributed by atoms with Gasteiger partial charge in [0.15, 0.2) is 10.7 Å². The number of nitro benzene ring substituents is 1. The van der Waals surface area contributed by atoms with E-state index in [1.807, 2.05) is 0 Å². The molecule has 0 spiro atoms. The van der Waals surface area contributed by atoms with Gasteiger partial charge in [0, 0.05) is 24.8 Å². The molecule has 13 heteroatoms. The Kier molecular flexibility index (Phi) is 6.68. The molecule has 0 N–H and O–H groups in total. The molecule has 0 atom stereocenters. The summed E-state index contributed by atoms with van der Waals surface area (Å²) < 4.78 is 35.6. The van der Waals surface area contributed by atoms with Crippen LogP contribution in [-0.2, 0) is 14.6 Å². The van der Waals surface area contributed by atoms with Crippen LogP contribution in [0.15, 0.2) is 40.1 Å². The van der Waals surface area contributed by atoms with E-state index < -0.39 is 15.3 Å². The first-order valence-corrected chi connectivity index (χ1v) is 9.45. The molecule has 0 unspecified atom stereocenters. The molecule has 0 amide bonds. The second-order valence-corrected chi connectivity index (χ2v) is 6.70. The Balaban J connectivity index is 0.00000364. The number of likely N-dealkylation sites (N-methyl/N-ethyl adjacent to an activating group) is 1. The van der Waals surface area contributed by atoms with Crippen LogP contribution in [0.4, 0.5) is 22.1 Å². The van der Waals surface area contributed by atoms with Gasteiger partial charge in [-0.1, -0.05) is 0 Å². The highest BCUT2D eigenvalue weighted by molar-refractivity contribution is 7.80. The smallest absolute Gasteiger partial charge is 0.726 e. The van der Waals surface area contributed by atoms with Crippen LogP contribution in [0.25, 0.3) is 0 Å². The van der Waals surface area contributed by atoms with Gasteiger partial charge >= 0.3 is 1.43 Å². The first-order valence-electron chi connectivity index (χ1n) is 7.24. The van der Waals surface area contributed by atoms with Gasteiger partial charge in [0.05, 0.1) is 23.2 Å². The fraction of sp³-hybridized carbons (Fsp3) is 0.308. The number of benzene rings is 1. The molecule has 2 rings (SSSR count). The Bertz CT molecular complexity index is 891. The van der Waals surface area contributed by atoms with Crippen LogP contribution >= 0.6 is 11.3 Å². The molecule has 0 aliphatic carbocycles. The minimum absolute atomic E-state index is 0. The van der Waals surface area contributed by atoms with Crippen LogP contribution in [0, 0.1) is 10.1 Å². The van der Waals surface area contributed by atoms with Crippen molar-refractivity contribution in [2.24, 2.45) is 10.2 Å². The fourth-order valence-electron chi connectivity index (χ4n) is 2.02. The van der Waals surface area contributed by atoms with Crippen LogP contribution in [0.5, 0.6) is 0 Å². The largest absolute Gasteiger partial charge is 1.00 e. The number of nitrogens with zero attached hydrogens (tertiary/aromatic N) is 5. The third-order valence-electron chi connectivity index (χ3n) is 3.17. The van der Waals surface area contributed by atoms with Crippen LogP contribution in [0.3, 0.4) is 0 Å². The number of nitro groups is 1. The molecular weight excluding hydrogens is 386 g/mol. The summed E-state index contributed by atoms with van der Waals surface area (Å²) in [4.78, 5) is 16.2. The van der Waals surface area contributed by atoms with E-state index in [4.69, 9.17) is 0 Å². The summed E-state index contributed by atoms with van der Waals surface area (Å²) in [5, 5.41) is 19.6. The third kappa shape index (κ3) is 5.80. The second-order valence-electron chi connectivity index (χ2n) is 4.78. The monoisotopic (exact) mass is 401 g/mol. The van der Waals surface area contributed by atoms with Gasteiger partial charge in [0.1, 0.15) is 0 Å². The molecule has 1 aromatic carbocycles. The number of hydrogen-bond donors (Lipinski definition) is 0. The summed E-state index contributed by atoms with van der Waals surface area (Å²) in [6, 6.07) is 4.32. The maximum absolute atomic E-state index is 11.3. The Labute approximate surface area is 154 Å². The predicted octanol–water partition coefficient (Wildman–Crippen LogP) is 2.88. The minimum Gasteiger partial charge on any atom is -0.726 e. The molecule has 0 aliphatic rings. The van der Waals surface area contributed by atoms with Crippen molar-refractivity contribution in [1.29, 1.82) is 0 Å². The van der Waals surface area contributed by atoms with E-state index in [0.717, 1.165) is 0 Å². The molecule has 0 saturated carbocycles. The molecule has 0 bridgehead atoms. The van der Waals surface area contributed by atoms with Crippen LogP contribution in [0.2, 0.25) is 0 Å². The summed E-state index contributed by atoms with van der Waals surface area (Å²) in [6.45, 7) is 1.90. The molecule has 26 heavy (non-hydrogen) atoms. The van der Waals surface area contributed by atoms with Crippen molar-refractivity contribution in [3.8, 4) is 0 Å². The first kappa shape index (κ1) is 19.8. The van der Waals surface area contributed by atoms with Gasteiger partial charge in [-0.05, 0) is 19.1 Å². The van der Waals surface area contributed by atoms with Gasteiger partial charge in [0.25, 0.3) is 5.69 Å². The van der Waals surface area contributed by atoms with E-state index in [9.17, 15) is 23.1 Å². The number of rotatable bonds is 9. The lowest BCUT2D eigenvalue weighted by Crippen LogP contribution is -2.28. The maximum atomic E-state index is 11.3. The first-order chi connectivity index (χ1) is 12.3. The van der Waals surface area contributed by atoms with E-state index in [0.29, 0.717) is 17.2 Å². The average Bonchev–Trinajstić information content (AvgIpc) is 3.09. The predicted molar refractivity (Wildman–Crippen MR) is 94.0 cm³/mol. The van der Waals surface area contributed by atoms with E-state index in [1.54, 1.807) is 23.4 Å². The maximum Gasteiger partial charge on any atom is 1.00 e. The second kappa shape index (κ2) is 8.75. The Hall–Kier alpha value is -2.48. The zero-order valence-electron chi connectivity index (χ0n) is 14.5. The summed E-state index contributed by atoms with van der Waals surface area (Å²) in [7, 11) is -4.78. The van der Waals surface area contributed by atoms with Crippen molar-refractivity contribution in [3.05, 3.63) is 40.0 Å². The zero-order chi connectivity index (χ0) is 19.2. The minimum atomic E-state index is -4.78. The van der Waals surface area contributed by atoms with Gasteiger partial charge < -0.3 is 9.45 Å². The summed E-state index contributed by atoms with van der Waals surface area (Å²) in [5.74, 6) is 0. The van der Waals surface area contributed by atoms with Crippen LogP contribution < -0.4 is 4.90 Å². The summed E-state index contributed by atoms with van der Waals surface area (Å²) in [6.07, 6.45) is 1.48. The number of aromatic nitrogens is 1. The van der Waals surface area contributed by atoms with Crippen molar-refractivity contribution in [2.45, 2.75) is 6.92 Å². The molecule has 140 valence electrons. The molecule has 11 nitrogen and oxygen atoms in total. The number of hydrogen-bond acceptors (Lipinski definition) is 11. The third-order valence-corrected chi connectivity index (χ3v) is 4.28. The normalized spacial score (nSPS) is 11.8. The zero-order valence-corrected chi connectivity index (χ0v) is 15.1. The topological polar surface area (TPSA) is 150 Å². The number of thiazole rings is 1. The molecule has 0 fully saturated rings. The lowest BCUT2D eigenvalue weighted by atomic mass is 10.2. The highest BCUT2D eigenvalue weighted by Gasteiger charge is 2.17. The standard InChI is InChI=1S/C13H15N5O6S2/c1-2-17(5-6-24-26(21,22)23)10-3-4-11(12(7-10)18(19)20)15-16-13-8-14-9-25-13/h3-4,7-9H,2,5-6H2,1H3,(H,21,22,23). The van der Waals surface area contributed by atoms with Crippen LogP contribution in [-0.4, -0.2) is 42.6 Å². The van der Waals surface area contributed by atoms with E-state index in [-0.39, 0.29) is 26.0 Å².